The van der Waals surface area contributed by atoms with Crippen LogP contribution in [0.1, 0.15) is 18.1 Å². The van der Waals surface area contributed by atoms with Crippen molar-refractivity contribution in [2.45, 2.75) is 25.9 Å². The minimum absolute atomic E-state index is 0.191. The Bertz CT molecular complexity index is 816. The summed E-state index contributed by atoms with van der Waals surface area (Å²) in [6, 6.07) is 16.9. The molecule has 0 aliphatic carbocycles. The second kappa shape index (κ2) is 8.33. The van der Waals surface area contributed by atoms with Gasteiger partial charge in [-0.2, -0.15) is 0 Å². The summed E-state index contributed by atoms with van der Waals surface area (Å²) in [4.78, 5) is 19.8. The van der Waals surface area contributed by atoms with E-state index in [4.69, 9.17) is 4.74 Å². The Morgan fingerprint density at radius 3 is 2.46 bits per heavy atom. The average molecular weight is 380 g/mol. The van der Waals surface area contributed by atoms with E-state index in [1.807, 2.05) is 17.0 Å². The van der Waals surface area contributed by atoms with Gasteiger partial charge in [-0.3, -0.25) is 14.6 Å². The van der Waals surface area contributed by atoms with Crippen molar-refractivity contribution < 1.29 is 9.53 Å². The van der Waals surface area contributed by atoms with Crippen molar-refractivity contribution in [2.24, 2.45) is 0 Å². The maximum Gasteiger partial charge on any atom is 0.241 e. The van der Waals surface area contributed by atoms with Gasteiger partial charge in [-0.15, -0.1) is 0 Å². The summed E-state index contributed by atoms with van der Waals surface area (Å²) in [5, 5.41) is 0. The van der Waals surface area contributed by atoms with Crippen LogP contribution in [0.2, 0.25) is 0 Å². The van der Waals surface area contributed by atoms with Crippen LogP contribution in [0.5, 0.6) is 5.75 Å². The van der Waals surface area contributed by atoms with E-state index < -0.39 is 0 Å². The van der Waals surface area contributed by atoms with Crippen LogP contribution < -0.4 is 9.64 Å². The minimum atomic E-state index is 0.191. The highest BCUT2D eigenvalue weighted by molar-refractivity contribution is 5.97. The van der Waals surface area contributed by atoms with Crippen molar-refractivity contribution in [2.75, 3.05) is 44.7 Å². The van der Waals surface area contributed by atoms with Gasteiger partial charge < -0.3 is 9.64 Å². The fraction of sp³-hybridized carbons (Fsp3) is 0.435. The van der Waals surface area contributed by atoms with Crippen LogP contribution in [0.3, 0.4) is 0 Å². The third-order valence-corrected chi connectivity index (χ3v) is 5.85. The highest BCUT2D eigenvalue weighted by Gasteiger charge is 2.32. The molecule has 1 amide bonds. The fourth-order valence-corrected chi connectivity index (χ4v) is 4.31. The van der Waals surface area contributed by atoms with Crippen LogP contribution >= 0.6 is 0 Å². The molecule has 1 fully saturated rings. The van der Waals surface area contributed by atoms with Crippen molar-refractivity contribution in [3.8, 4) is 5.75 Å². The molecule has 148 valence electrons. The predicted molar refractivity (Wildman–Crippen MR) is 112 cm³/mol. The lowest BCUT2D eigenvalue weighted by Crippen LogP contribution is -2.50. The molecule has 0 bridgehead atoms. The second-order valence-electron chi connectivity index (χ2n) is 7.85. The van der Waals surface area contributed by atoms with Crippen molar-refractivity contribution in [3.63, 3.8) is 0 Å². The molecule has 2 aromatic rings. The minimum Gasteiger partial charge on any atom is -0.497 e. The third-order valence-electron chi connectivity index (χ3n) is 5.85. The molecule has 1 atom stereocenters. The molecule has 1 saturated heterocycles. The van der Waals surface area contributed by atoms with Crippen molar-refractivity contribution in [1.29, 1.82) is 0 Å². The number of nitrogens with zero attached hydrogens (tertiary/aromatic N) is 3. The fourth-order valence-electron chi connectivity index (χ4n) is 4.31. The Hall–Kier alpha value is -2.37. The van der Waals surface area contributed by atoms with E-state index in [9.17, 15) is 4.79 Å². The summed E-state index contributed by atoms with van der Waals surface area (Å²) in [6.45, 7) is 7.48. The van der Waals surface area contributed by atoms with Gasteiger partial charge in [0.2, 0.25) is 5.91 Å². The molecule has 5 heteroatoms. The van der Waals surface area contributed by atoms with Crippen LogP contribution in [-0.4, -0.2) is 61.6 Å². The van der Waals surface area contributed by atoms with Crippen LogP contribution in [0.25, 0.3) is 0 Å². The van der Waals surface area contributed by atoms with E-state index in [0.717, 1.165) is 50.6 Å². The molecular weight excluding hydrogens is 350 g/mol. The average Bonchev–Trinajstić information content (AvgIpc) is 3.05. The first kappa shape index (κ1) is 19.0. The highest BCUT2D eigenvalue weighted by atomic mass is 16.5. The van der Waals surface area contributed by atoms with E-state index in [0.29, 0.717) is 6.54 Å². The molecule has 4 rings (SSSR count). The summed E-state index contributed by atoms with van der Waals surface area (Å²) in [6.07, 6.45) is 0.913. The molecule has 0 spiro atoms. The number of rotatable bonds is 5. The van der Waals surface area contributed by atoms with E-state index >= 15 is 0 Å². The first-order chi connectivity index (χ1) is 13.6. The summed E-state index contributed by atoms with van der Waals surface area (Å²) in [5.41, 5.74) is 3.59. The number of carbonyl (C=O) groups excluding carboxylic acids is 1. The van der Waals surface area contributed by atoms with Crippen molar-refractivity contribution >= 4 is 11.6 Å². The first-order valence-corrected chi connectivity index (χ1v) is 10.1. The monoisotopic (exact) mass is 379 g/mol. The zero-order valence-corrected chi connectivity index (χ0v) is 16.8. The van der Waals surface area contributed by atoms with Crippen LogP contribution in [0.15, 0.2) is 48.5 Å². The summed E-state index contributed by atoms with van der Waals surface area (Å²) in [5.74, 6) is 0.996. The maximum atomic E-state index is 13.1. The van der Waals surface area contributed by atoms with E-state index in [1.54, 1.807) is 7.11 Å². The Morgan fingerprint density at radius 1 is 1.04 bits per heavy atom. The number of benzene rings is 2. The Kier molecular flexibility index (Phi) is 5.64. The molecular formula is C23H29N3O2. The number of anilines is 1. The number of amides is 1. The standard InChI is InChI=1S/C23H29N3O2/c1-18-14-20-8-9-21(28-2)15-22(20)26(18)23(27)17-25-12-10-24(11-13-25)16-19-6-4-3-5-7-19/h3-9,15,18H,10-14,16-17H2,1-2H3. The zero-order valence-electron chi connectivity index (χ0n) is 16.8. The molecule has 2 aromatic carbocycles. The molecule has 2 heterocycles. The summed E-state index contributed by atoms with van der Waals surface area (Å²) in [7, 11) is 1.67. The van der Waals surface area contributed by atoms with E-state index in [2.05, 4.69) is 53.1 Å². The third kappa shape index (κ3) is 4.05. The number of hydrogen-bond acceptors (Lipinski definition) is 4. The highest BCUT2D eigenvalue weighted by Crippen LogP contribution is 2.35. The van der Waals surface area contributed by atoms with Gasteiger partial charge in [-0.25, -0.2) is 0 Å². The number of piperazine rings is 1. The Morgan fingerprint density at radius 2 is 1.75 bits per heavy atom. The summed E-state index contributed by atoms with van der Waals surface area (Å²) >= 11 is 0. The molecule has 0 N–H and O–H groups in total. The number of ether oxygens (including phenoxy) is 1. The molecule has 28 heavy (non-hydrogen) atoms. The molecule has 0 saturated carbocycles. The van der Waals surface area contributed by atoms with Crippen LogP contribution in [0.4, 0.5) is 5.69 Å². The van der Waals surface area contributed by atoms with Gasteiger partial charge in [0.15, 0.2) is 0 Å². The zero-order chi connectivity index (χ0) is 19.5. The largest absolute Gasteiger partial charge is 0.497 e. The SMILES string of the molecule is COc1ccc2c(c1)N(C(=O)CN1CCN(Cc3ccccc3)CC1)C(C)C2. The Labute approximate surface area is 167 Å². The number of carbonyl (C=O) groups is 1. The quantitative estimate of drug-likeness (QED) is 0.800. The van der Waals surface area contributed by atoms with Gasteiger partial charge in [-0.1, -0.05) is 36.4 Å². The van der Waals surface area contributed by atoms with Crippen molar-refractivity contribution in [1.82, 2.24) is 9.80 Å². The van der Waals surface area contributed by atoms with E-state index in [1.165, 1.54) is 11.1 Å². The van der Waals surface area contributed by atoms with Crippen LogP contribution in [-0.2, 0) is 17.8 Å². The lowest BCUT2D eigenvalue weighted by atomic mass is 10.1. The van der Waals surface area contributed by atoms with Gasteiger partial charge in [0.05, 0.1) is 19.3 Å². The predicted octanol–water partition coefficient (Wildman–Crippen LogP) is 2.79. The lowest BCUT2D eigenvalue weighted by molar-refractivity contribution is -0.120. The maximum absolute atomic E-state index is 13.1. The van der Waals surface area contributed by atoms with E-state index in [-0.39, 0.29) is 11.9 Å². The lowest BCUT2D eigenvalue weighted by Gasteiger charge is -2.35. The first-order valence-electron chi connectivity index (χ1n) is 10.1. The topological polar surface area (TPSA) is 36.0 Å². The van der Waals surface area contributed by atoms with Gasteiger partial charge in [0.25, 0.3) is 0 Å². The molecule has 2 aliphatic heterocycles. The Balaban J connectivity index is 1.34. The second-order valence-corrected chi connectivity index (χ2v) is 7.85. The normalized spacial score (nSPS) is 20.2. The number of fused-ring (bicyclic) bond motifs is 1. The molecule has 1 unspecified atom stereocenters. The van der Waals surface area contributed by atoms with Gasteiger partial charge in [-0.05, 0) is 30.5 Å². The van der Waals surface area contributed by atoms with Gasteiger partial charge in [0, 0.05) is 44.8 Å². The van der Waals surface area contributed by atoms with Gasteiger partial charge >= 0.3 is 0 Å². The number of methoxy groups -OCH3 is 1. The van der Waals surface area contributed by atoms with Crippen LogP contribution in [0, 0.1) is 0 Å². The van der Waals surface area contributed by atoms with Crippen molar-refractivity contribution in [3.05, 3.63) is 59.7 Å². The molecule has 5 nitrogen and oxygen atoms in total. The summed E-state index contributed by atoms with van der Waals surface area (Å²) < 4.78 is 5.36. The molecule has 2 aliphatic rings. The van der Waals surface area contributed by atoms with Gasteiger partial charge in [0.1, 0.15) is 5.75 Å². The molecule has 0 aromatic heterocycles. The molecule has 0 radical (unpaired) electrons. The number of hydrogen-bond donors (Lipinski definition) is 0. The smallest absolute Gasteiger partial charge is 0.241 e.